The van der Waals surface area contributed by atoms with Gasteiger partial charge in [-0.2, -0.15) is 0 Å². The van der Waals surface area contributed by atoms with Crippen LogP contribution in [0.3, 0.4) is 0 Å². The number of hydrogen-bond acceptors (Lipinski definition) is 2. The lowest BCUT2D eigenvalue weighted by Gasteiger charge is -2.38. The summed E-state index contributed by atoms with van der Waals surface area (Å²) in [7, 11) is 0. The SMILES string of the molecule is C/C=C(\C)C(=O)OC1(C)CCC(C(C)C)CC1. The van der Waals surface area contributed by atoms with Crippen LogP contribution in [0.15, 0.2) is 11.6 Å². The summed E-state index contributed by atoms with van der Waals surface area (Å²) < 4.78 is 5.65. The quantitative estimate of drug-likeness (QED) is 0.546. The van der Waals surface area contributed by atoms with Crippen molar-refractivity contribution >= 4 is 5.97 Å². The molecule has 1 saturated carbocycles. The topological polar surface area (TPSA) is 26.3 Å². The number of ether oxygens (including phenoxy) is 1. The van der Waals surface area contributed by atoms with Crippen molar-refractivity contribution in [3.8, 4) is 0 Å². The molecule has 0 atom stereocenters. The van der Waals surface area contributed by atoms with E-state index in [1.54, 1.807) is 0 Å². The Kier molecular flexibility index (Phi) is 4.79. The lowest BCUT2D eigenvalue weighted by molar-refractivity contribution is -0.157. The Balaban J connectivity index is 2.53. The molecule has 0 bridgehead atoms. The van der Waals surface area contributed by atoms with E-state index in [9.17, 15) is 4.79 Å². The second-order valence-electron chi connectivity index (χ2n) is 5.89. The summed E-state index contributed by atoms with van der Waals surface area (Å²) in [6.45, 7) is 10.3. The number of rotatable bonds is 3. The number of carbonyl (C=O) groups excluding carboxylic acids is 1. The molecule has 98 valence electrons. The van der Waals surface area contributed by atoms with Crippen LogP contribution in [0.5, 0.6) is 0 Å². The van der Waals surface area contributed by atoms with Gasteiger partial charge in [0.2, 0.25) is 0 Å². The van der Waals surface area contributed by atoms with Crippen molar-refractivity contribution in [2.75, 3.05) is 0 Å². The fourth-order valence-corrected chi connectivity index (χ4v) is 2.44. The second-order valence-corrected chi connectivity index (χ2v) is 5.89. The fourth-order valence-electron chi connectivity index (χ4n) is 2.44. The molecule has 2 heteroatoms. The minimum atomic E-state index is -0.243. The van der Waals surface area contributed by atoms with E-state index in [4.69, 9.17) is 4.74 Å². The third-order valence-electron chi connectivity index (χ3n) is 4.12. The standard InChI is InChI=1S/C15H26O2/c1-6-12(4)14(16)17-15(5)9-7-13(8-10-15)11(2)3/h6,11,13H,7-10H2,1-5H3/b12-6+. The highest BCUT2D eigenvalue weighted by Gasteiger charge is 2.35. The van der Waals surface area contributed by atoms with Crippen LogP contribution in [-0.4, -0.2) is 11.6 Å². The Labute approximate surface area is 105 Å². The van der Waals surface area contributed by atoms with E-state index in [1.807, 2.05) is 19.9 Å². The first-order valence-electron chi connectivity index (χ1n) is 6.74. The Morgan fingerprint density at radius 3 is 2.29 bits per heavy atom. The van der Waals surface area contributed by atoms with Gasteiger partial charge in [0.15, 0.2) is 0 Å². The van der Waals surface area contributed by atoms with Crippen LogP contribution in [-0.2, 0) is 9.53 Å². The zero-order valence-corrected chi connectivity index (χ0v) is 11.9. The van der Waals surface area contributed by atoms with Crippen molar-refractivity contribution in [3.63, 3.8) is 0 Å². The predicted molar refractivity (Wildman–Crippen MR) is 70.7 cm³/mol. The van der Waals surface area contributed by atoms with Crippen molar-refractivity contribution in [2.24, 2.45) is 11.8 Å². The Bertz CT molecular complexity index is 294. The first-order chi connectivity index (χ1) is 7.88. The van der Waals surface area contributed by atoms with Crippen molar-refractivity contribution in [1.82, 2.24) is 0 Å². The smallest absolute Gasteiger partial charge is 0.333 e. The second kappa shape index (κ2) is 5.70. The van der Waals surface area contributed by atoms with Crippen LogP contribution >= 0.6 is 0 Å². The molecule has 0 unspecified atom stereocenters. The maximum Gasteiger partial charge on any atom is 0.333 e. The minimum Gasteiger partial charge on any atom is -0.456 e. The van der Waals surface area contributed by atoms with E-state index in [0.29, 0.717) is 5.57 Å². The summed E-state index contributed by atoms with van der Waals surface area (Å²) in [5.74, 6) is 1.38. The molecule has 0 aromatic rings. The molecule has 0 amide bonds. The predicted octanol–water partition coefficient (Wildman–Crippen LogP) is 4.10. The maximum atomic E-state index is 11.8. The zero-order valence-electron chi connectivity index (χ0n) is 11.9. The Morgan fingerprint density at radius 1 is 1.35 bits per heavy atom. The van der Waals surface area contributed by atoms with Gasteiger partial charge >= 0.3 is 5.97 Å². The summed E-state index contributed by atoms with van der Waals surface area (Å²) in [5, 5.41) is 0. The molecule has 17 heavy (non-hydrogen) atoms. The lowest BCUT2D eigenvalue weighted by Crippen LogP contribution is -2.37. The fraction of sp³-hybridized carbons (Fsp3) is 0.800. The third kappa shape index (κ3) is 3.86. The van der Waals surface area contributed by atoms with Crippen molar-refractivity contribution in [1.29, 1.82) is 0 Å². The normalized spacial score (nSPS) is 30.5. The molecule has 0 aliphatic heterocycles. The van der Waals surface area contributed by atoms with Crippen LogP contribution in [0.2, 0.25) is 0 Å². The summed E-state index contributed by atoms with van der Waals surface area (Å²) >= 11 is 0. The summed E-state index contributed by atoms with van der Waals surface area (Å²) in [6, 6.07) is 0. The highest BCUT2D eigenvalue weighted by Crippen LogP contribution is 2.38. The van der Waals surface area contributed by atoms with Crippen molar-refractivity contribution in [3.05, 3.63) is 11.6 Å². The highest BCUT2D eigenvalue weighted by molar-refractivity contribution is 5.87. The van der Waals surface area contributed by atoms with Crippen LogP contribution in [0, 0.1) is 11.8 Å². The molecule has 2 nitrogen and oxygen atoms in total. The monoisotopic (exact) mass is 238 g/mol. The first-order valence-corrected chi connectivity index (χ1v) is 6.74. The first kappa shape index (κ1) is 14.3. The van der Waals surface area contributed by atoms with E-state index >= 15 is 0 Å². The van der Waals surface area contributed by atoms with E-state index < -0.39 is 0 Å². The molecule has 1 aliphatic carbocycles. The van der Waals surface area contributed by atoms with Crippen LogP contribution < -0.4 is 0 Å². The molecule has 0 saturated heterocycles. The Hall–Kier alpha value is -0.790. The van der Waals surface area contributed by atoms with E-state index in [1.165, 1.54) is 12.8 Å². The van der Waals surface area contributed by atoms with Gasteiger partial charge in [0.05, 0.1) is 0 Å². The lowest BCUT2D eigenvalue weighted by atomic mass is 9.75. The summed E-state index contributed by atoms with van der Waals surface area (Å²) in [6.07, 6.45) is 6.16. The van der Waals surface area contributed by atoms with Gasteiger partial charge in [0.25, 0.3) is 0 Å². The van der Waals surface area contributed by atoms with Gasteiger partial charge < -0.3 is 4.74 Å². The molecular weight excluding hydrogens is 212 g/mol. The van der Waals surface area contributed by atoms with E-state index in [-0.39, 0.29) is 11.6 Å². The Morgan fingerprint density at radius 2 is 1.88 bits per heavy atom. The van der Waals surface area contributed by atoms with Crippen LogP contribution in [0.1, 0.15) is 60.3 Å². The van der Waals surface area contributed by atoms with Gasteiger partial charge in [-0.1, -0.05) is 19.9 Å². The van der Waals surface area contributed by atoms with Gasteiger partial charge in [0, 0.05) is 5.57 Å². The summed E-state index contributed by atoms with van der Waals surface area (Å²) in [4.78, 5) is 11.8. The molecule has 0 aromatic heterocycles. The molecule has 1 fully saturated rings. The number of carbonyl (C=O) groups is 1. The largest absolute Gasteiger partial charge is 0.456 e. The van der Waals surface area contributed by atoms with Crippen molar-refractivity contribution in [2.45, 2.75) is 65.9 Å². The number of esters is 1. The van der Waals surface area contributed by atoms with Gasteiger partial charge in [-0.05, 0) is 58.3 Å². The van der Waals surface area contributed by atoms with Gasteiger partial charge in [-0.25, -0.2) is 4.79 Å². The molecule has 1 aliphatic rings. The van der Waals surface area contributed by atoms with Crippen molar-refractivity contribution < 1.29 is 9.53 Å². The molecule has 0 spiro atoms. The molecule has 0 N–H and O–H groups in total. The number of hydrogen-bond donors (Lipinski definition) is 0. The molecule has 1 rings (SSSR count). The van der Waals surface area contributed by atoms with Gasteiger partial charge in [-0.15, -0.1) is 0 Å². The molecule has 0 radical (unpaired) electrons. The molecular formula is C15H26O2. The van der Waals surface area contributed by atoms with Gasteiger partial charge in [-0.3, -0.25) is 0 Å². The number of allylic oxidation sites excluding steroid dienone is 1. The summed E-state index contributed by atoms with van der Waals surface area (Å²) in [5.41, 5.74) is 0.462. The molecule has 0 heterocycles. The van der Waals surface area contributed by atoms with Crippen LogP contribution in [0.4, 0.5) is 0 Å². The zero-order chi connectivity index (χ0) is 13.1. The highest BCUT2D eigenvalue weighted by atomic mass is 16.6. The van der Waals surface area contributed by atoms with Gasteiger partial charge in [0.1, 0.15) is 5.60 Å². The third-order valence-corrected chi connectivity index (χ3v) is 4.12. The maximum absolute atomic E-state index is 11.8. The molecule has 0 aromatic carbocycles. The average Bonchev–Trinajstić information content (AvgIpc) is 2.27. The minimum absolute atomic E-state index is 0.155. The van der Waals surface area contributed by atoms with E-state index in [2.05, 4.69) is 20.8 Å². The average molecular weight is 238 g/mol. The van der Waals surface area contributed by atoms with E-state index in [0.717, 1.165) is 24.7 Å². The van der Waals surface area contributed by atoms with Crippen LogP contribution in [0.25, 0.3) is 0 Å².